The lowest BCUT2D eigenvalue weighted by Gasteiger charge is -2.01. The molecule has 0 radical (unpaired) electrons. The zero-order valence-corrected chi connectivity index (χ0v) is 22.6. The van der Waals surface area contributed by atoms with Crippen LogP contribution < -0.4 is 11.1 Å². The quantitative estimate of drug-likeness (QED) is 0.219. The second-order valence-corrected chi connectivity index (χ2v) is 9.74. The highest BCUT2D eigenvalue weighted by molar-refractivity contribution is 5.81. The van der Waals surface area contributed by atoms with Crippen LogP contribution in [0.15, 0.2) is 68.1 Å². The van der Waals surface area contributed by atoms with E-state index in [9.17, 15) is 9.59 Å². The van der Waals surface area contributed by atoms with Gasteiger partial charge in [-0.25, -0.2) is 9.36 Å². The Hall–Kier alpha value is -4.20. The molecule has 0 aliphatic rings. The van der Waals surface area contributed by atoms with E-state index in [1.165, 1.54) is 0 Å². The van der Waals surface area contributed by atoms with E-state index in [0.29, 0.717) is 24.2 Å². The van der Waals surface area contributed by atoms with Crippen LogP contribution in [0.2, 0.25) is 0 Å². The molecule has 0 aliphatic heterocycles. The Labute approximate surface area is 222 Å². The minimum atomic E-state index is -0.0868. The van der Waals surface area contributed by atoms with Gasteiger partial charge in [0.25, 0.3) is 11.1 Å². The normalized spacial score (nSPS) is 11.8. The Kier molecular flexibility index (Phi) is 8.73. The van der Waals surface area contributed by atoms with Crippen LogP contribution in [0.25, 0.3) is 11.4 Å². The molecule has 2 heterocycles. The van der Waals surface area contributed by atoms with E-state index in [-0.39, 0.29) is 11.1 Å². The number of aromatic nitrogens is 4. The molecule has 0 aliphatic carbocycles. The van der Waals surface area contributed by atoms with Gasteiger partial charge in [-0.1, -0.05) is 48.2 Å². The summed E-state index contributed by atoms with van der Waals surface area (Å²) in [7, 11) is 0. The summed E-state index contributed by atoms with van der Waals surface area (Å²) < 4.78 is 3.12. The molecule has 4 rings (SSSR count). The summed E-state index contributed by atoms with van der Waals surface area (Å²) in [5.41, 5.74) is 6.57. The molecule has 8 heteroatoms. The van der Waals surface area contributed by atoms with Gasteiger partial charge < -0.3 is 0 Å². The summed E-state index contributed by atoms with van der Waals surface area (Å²) >= 11 is 0. The lowest BCUT2D eigenvalue weighted by molar-refractivity contribution is 0.655. The minimum Gasteiger partial charge on any atom is -0.295 e. The van der Waals surface area contributed by atoms with E-state index >= 15 is 0 Å². The largest absolute Gasteiger partial charge is 0.295 e. The number of benzene rings is 2. The van der Waals surface area contributed by atoms with Gasteiger partial charge in [0.2, 0.25) is 0 Å². The van der Waals surface area contributed by atoms with Crippen LogP contribution in [0, 0.1) is 27.7 Å². The average molecular weight is 513 g/mol. The van der Waals surface area contributed by atoms with Crippen LogP contribution in [0.1, 0.15) is 59.3 Å². The molecular weight excluding hydrogens is 476 g/mol. The van der Waals surface area contributed by atoms with Crippen molar-refractivity contribution in [2.24, 2.45) is 9.98 Å². The van der Waals surface area contributed by atoms with Gasteiger partial charge in [-0.2, -0.15) is 0 Å². The summed E-state index contributed by atoms with van der Waals surface area (Å²) in [6.45, 7) is 9.18. The smallest absolute Gasteiger partial charge is 0.280 e. The van der Waals surface area contributed by atoms with Crippen molar-refractivity contribution in [3.63, 3.8) is 0 Å². The van der Waals surface area contributed by atoms with Crippen molar-refractivity contribution < 1.29 is 0 Å². The number of H-pyrrole nitrogens is 2. The number of aliphatic imine (C=N–C) groups is 2. The number of unbranched alkanes of at least 4 members (excludes halogenated alkanes) is 3. The summed E-state index contributed by atoms with van der Waals surface area (Å²) in [5, 5.41) is 6.27. The van der Waals surface area contributed by atoms with Crippen molar-refractivity contribution in [3.8, 4) is 11.4 Å². The van der Waals surface area contributed by atoms with E-state index in [1.54, 1.807) is 21.8 Å². The third-order valence-electron chi connectivity index (χ3n) is 6.58. The third kappa shape index (κ3) is 6.37. The van der Waals surface area contributed by atoms with Crippen LogP contribution in [0.3, 0.4) is 0 Å². The first-order valence-electron chi connectivity index (χ1n) is 13.1. The number of rotatable bonds is 11. The van der Waals surface area contributed by atoms with Crippen molar-refractivity contribution in [2.75, 3.05) is 13.1 Å². The molecule has 198 valence electrons. The Morgan fingerprint density at radius 3 is 1.34 bits per heavy atom. The van der Waals surface area contributed by atoms with Crippen molar-refractivity contribution in [3.05, 3.63) is 103 Å². The maximum Gasteiger partial charge on any atom is 0.280 e. The molecule has 0 spiro atoms. The van der Waals surface area contributed by atoms with E-state index < -0.39 is 0 Å². The average Bonchev–Trinajstić information content (AvgIpc) is 3.35. The Morgan fingerprint density at radius 1 is 0.605 bits per heavy atom. The SMILES string of the molecule is Cc1ccc(-n2[nH]c(C)c(C=NCCCCCCN=Cc3c(C)[nH]n(-c4ccc(C)cc4)c3=O)c2=O)cc1. The zero-order chi connectivity index (χ0) is 27.1. The third-order valence-corrected chi connectivity index (χ3v) is 6.58. The predicted molar refractivity (Wildman–Crippen MR) is 155 cm³/mol. The lowest BCUT2D eigenvalue weighted by atomic mass is 10.2. The predicted octanol–water partition coefficient (Wildman–Crippen LogP) is 4.98. The highest BCUT2D eigenvalue weighted by Crippen LogP contribution is 2.10. The molecule has 0 unspecified atom stereocenters. The highest BCUT2D eigenvalue weighted by atomic mass is 16.1. The van der Waals surface area contributed by atoms with Gasteiger partial charge in [0.05, 0.1) is 22.5 Å². The number of aromatic amines is 2. The Balaban J connectivity index is 1.20. The summed E-state index contributed by atoms with van der Waals surface area (Å²) in [4.78, 5) is 34.5. The van der Waals surface area contributed by atoms with Gasteiger partial charge in [-0.05, 0) is 64.8 Å². The molecule has 2 aromatic heterocycles. The van der Waals surface area contributed by atoms with Gasteiger partial charge in [0, 0.05) is 36.9 Å². The van der Waals surface area contributed by atoms with Gasteiger partial charge in [0.15, 0.2) is 0 Å². The van der Waals surface area contributed by atoms with Gasteiger partial charge in [-0.15, -0.1) is 0 Å². The maximum atomic E-state index is 12.8. The lowest BCUT2D eigenvalue weighted by Crippen LogP contribution is -2.17. The van der Waals surface area contributed by atoms with E-state index in [2.05, 4.69) is 20.2 Å². The molecule has 4 aromatic rings. The zero-order valence-electron chi connectivity index (χ0n) is 22.6. The van der Waals surface area contributed by atoms with Crippen molar-refractivity contribution >= 4 is 12.4 Å². The van der Waals surface area contributed by atoms with Gasteiger partial charge in [0.1, 0.15) is 0 Å². The summed E-state index contributed by atoms with van der Waals surface area (Å²) in [5.74, 6) is 0. The fraction of sp³-hybridized carbons (Fsp3) is 0.333. The maximum absolute atomic E-state index is 12.8. The molecule has 2 aromatic carbocycles. The molecular formula is C30H36N6O2. The van der Waals surface area contributed by atoms with Crippen LogP contribution in [0.5, 0.6) is 0 Å². The number of hydrogen-bond acceptors (Lipinski definition) is 4. The molecule has 0 saturated carbocycles. The Bertz CT molecular complexity index is 1410. The fourth-order valence-corrected chi connectivity index (χ4v) is 4.25. The first-order valence-corrected chi connectivity index (χ1v) is 13.1. The van der Waals surface area contributed by atoms with Crippen LogP contribution >= 0.6 is 0 Å². The standard InChI is InChI=1S/C30H36N6O2/c1-21-9-13-25(14-10-21)35-29(37)27(23(3)33-35)19-31-17-7-5-6-8-18-32-20-28-24(4)34-36(30(28)38)26-15-11-22(2)12-16-26/h9-16,19-20,33-34H,5-8,17-18H2,1-4H3. The topological polar surface area (TPSA) is 100 Å². The Morgan fingerprint density at radius 2 is 0.974 bits per heavy atom. The molecule has 2 N–H and O–H groups in total. The van der Waals surface area contributed by atoms with Crippen LogP contribution in [0.4, 0.5) is 0 Å². The fourth-order valence-electron chi connectivity index (χ4n) is 4.25. The molecule has 0 atom stereocenters. The first kappa shape index (κ1) is 26.9. The molecule has 8 nitrogen and oxygen atoms in total. The molecule has 0 amide bonds. The number of nitrogens with zero attached hydrogens (tertiary/aromatic N) is 4. The molecule has 0 bridgehead atoms. The van der Waals surface area contributed by atoms with Crippen molar-refractivity contribution in [2.45, 2.75) is 53.4 Å². The summed E-state index contributed by atoms with van der Waals surface area (Å²) in [6.07, 6.45) is 7.35. The molecule has 0 saturated heterocycles. The van der Waals surface area contributed by atoms with Crippen LogP contribution in [-0.4, -0.2) is 45.1 Å². The number of aryl methyl sites for hydroxylation is 4. The van der Waals surface area contributed by atoms with E-state index in [0.717, 1.165) is 59.6 Å². The number of nitrogens with one attached hydrogen (secondary N) is 2. The second-order valence-electron chi connectivity index (χ2n) is 9.74. The molecule has 0 fully saturated rings. The second kappa shape index (κ2) is 12.4. The van der Waals surface area contributed by atoms with E-state index in [1.807, 2.05) is 76.2 Å². The summed E-state index contributed by atoms with van der Waals surface area (Å²) in [6, 6.07) is 15.7. The minimum absolute atomic E-state index is 0.0868. The first-order chi connectivity index (χ1) is 18.3. The van der Waals surface area contributed by atoms with Gasteiger partial charge >= 0.3 is 0 Å². The van der Waals surface area contributed by atoms with E-state index in [4.69, 9.17) is 0 Å². The highest BCUT2D eigenvalue weighted by Gasteiger charge is 2.11. The van der Waals surface area contributed by atoms with Gasteiger partial charge in [-0.3, -0.25) is 29.8 Å². The van der Waals surface area contributed by atoms with Crippen molar-refractivity contribution in [1.82, 2.24) is 19.6 Å². The van der Waals surface area contributed by atoms with Crippen molar-refractivity contribution in [1.29, 1.82) is 0 Å². The monoisotopic (exact) mass is 512 g/mol. The van der Waals surface area contributed by atoms with Crippen LogP contribution in [-0.2, 0) is 0 Å². The number of hydrogen-bond donors (Lipinski definition) is 2. The molecule has 38 heavy (non-hydrogen) atoms.